The Balaban J connectivity index is 0.00000121. The molecule has 0 aromatic heterocycles. The first-order chi connectivity index (χ1) is 5.29. The molecule has 0 saturated carbocycles. The molecule has 0 aliphatic heterocycles. The quantitative estimate of drug-likeness (QED) is 0.518. The summed E-state index contributed by atoms with van der Waals surface area (Å²) in [4.78, 5) is 10.3. The number of primary amides is 1. The summed E-state index contributed by atoms with van der Waals surface area (Å²) >= 11 is 0. The van der Waals surface area contributed by atoms with E-state index in [1.807, 2.05) is 30.3 Å². The summed E-state index contributed by atoms with van der Waals surface area (Å²) in [6, 6.07) is 9.53. The van der Waals surface area contributed by atoms with Crippen LogP contribution in [0.1, 0.15) is 5.56 Å². The van der Waals surface area contributed by atoms with Gasteiger partial charge in [-0.15, -0.1) is 0 Å². The Hall–Kier alpha value is -0.570. The Labute approximate surface area is 93.8 Å². The maximum Gasteiger partial charge on any atom is 0.241 e. The van der Waals surface area contributed by atoms with Crippen molar-refractivity contribution in [2.45, 2.75) is 0 Å². The zero-order valence-electron chi connectivity index (χ0n) is 7.03. The monoisotopic (exact) mass is 170 g/mol. The van der Waals surface area contributed by atoms with E-state index in [4.69, 9.17) is 5.73 Å². The number of rotatable bonds is 2. The van der Waals surface area contributed by atoms with Crippen molar-refractivity contribution in [2.75, 3.05) is 0 Å². The molecule has 0 aliphatic rings. The van der Waals surface area contributed by atoms with E-state index >= 15 is 0 Å². The Bertz CT molecular complexity index is 269. The molecule has 57 valence electrons. The van der Waals surface area contributed by atoms with Crippen LogP contribution in [-0.2, 0) is 4.79 Å². The van der Waals surface area contributed by atoms with Crippen molar-refractivity contribution in [2.24, 2.45) is 5.73 Å². The van der Waals surface area contributed by atoms with E-state index in [0.717, 1.165) is 5.56 Å². The van der Waals surface area contributed by atoms with Crippen molar-refractivity contribution < 1.29 is 4.79 Å². The Morgan fingerprint density at radius 3 is 2.33 bits per heavy atom. The SMILES string of the molecule is NC(=O)C=Cc1ccccc1.[Na]. The largest absolute Gasteiger partial charge is 0.366 e. The molecule has 1 radical (unpaired) electrons. The zero-order chi connectivity index (χ0) is 8.10. The van der Waals surface area contributed by atoms with Crippen LogP contribution in [0.15, 0.2) is 36.4 Å². The standard InChI is InChI=1S/C9H9NO.Na/c10-9(11)7-6-8-4-2-1-3-5-8;/h1-7H,(H2,10,11);. The number of hydrogen-bond acceptors (Lipinski definition) is 1. The van der Waals surface area contributed by atoms with Crippen LogP contribution in [0.3, 0.4) is 0 Å². The van der Waals surface area contributed by atoms with Gasteiger partial charge in [0.2, 0.25) is 5.91 Å². The summed E-state index contributed by atoms with van der Waals surface area (Å²) in [7, 11) is 0. The van der Waals surface area contributed by atoms with Crippen LogP contribution in [-0.4, -0.2) is 35.5 Å². The second-order valence-electron chi connectivity index (χ2n) is 2.15. The fraction of sp³-hybridized carbons (Fsp3) is 0. The normalized spacial score (nSPS) is 9.33. The average molecular weight is 170 g/mol. The van der Waals surface area contributed by atoms with Crippen molar-refractivity contribution in [3.05, 3.63) is 42.0 Å². The van der Waals surface area contributed by atoms with Gasteiger partial charge in [-0.2, -0.15) is 0 Å². The second-order valence-corrected chi connectivity index (χ2v) is 2.15. The molecule has 2 nitrogen and oxygen atoms in total. The summed E-state index contributed by atoms with van der Waals surface area (Å²) < 4.78 is 0. The predicted octanol–water partition coefficient (Wildman–Crippen LogP) is 0.804. The maximum atomic E-state index is 10.3. The van der Waals surface area contributed by atoms with Gasteiger partial charge in [0.1, 0.15) is 0 Å². The number of hydrogen-bond donors (Lipinski definition) is 1. The molecular formula is C9H9NNaO. The van der Waals surface area contributed by atoms with Gasteiger partial charge in [-0.25, -0.2) is 0 Å². The molecule has 0 unspecified atom stereocenters. The third kappa shape index (κ3) is 4.34. The number of carbonyl (C=O) groups excluding carboxylic acids is 1. The Morgan fingerprint density at radius 2 is 1.83 bits per heavy atom. The van der Waals surface area contributed by atoms with Gasteiger partial charge in [-0.05, 0) is 11.6 Å². The molecular weight excluding hydrogens is 161 g/mol. The minimum absolute atomic E-state index is 0. The minimum atomic E-state index is -0.422. The van der Waals surface area contributed by atoms with Crippen molar-refractivity contribution in [1.29, 1.82) is 0 Å². The molecule has 0 spiro atoms. The molecule has 0 fully saturated rings. The van der Waals surface area contributed by atoms with Crippen LogP contribution in [0.4, 0.5) is 0 Å². The molecule has 0 bridgehead atoms. The summed E-state index contributed by atoms with van der Waals surface area (Å²) in [6.07, 6.45) is 3.03. The smallest absolute Gasteiger partial charge is 0.241 e. The topological polar surface area (TPSA) is 43.1 Å². The number of benzene rings is 1. The van der Waals surface area contributed by atoms with Gasteiger partial charge in [0.15, 0.2) is 0 Å². The van der Waals surface area contributed by atoms with Gasteiger partial charge in [0.25, 0.3) is 0 Å². The van der Waals surface area contributed by atoms with Gasteiger partial charge in [-0.3, -0.25) is 4.79 Å². The fourth-order valence-electron chi connectivity index (χ4n) is 0.743. The summed E-state index contributed by atoms with van der Waals surface area (Å²) in [5, 5.41) is 0. The summed E-state index contributed by atoms with van der Waals surface area (Å²) in [5.41, 5.74) is 5.89. The summed E-state index contributed by atoms with van der Waals surface area (Å²) in [6.45, 7) is 0. The maximum absolute atomic E-state index is 10.3. The van der Waals surface area contributed by atoms with E-state index < -0.39 is 5.91 Å². The molecule has 0 aliphatic carbocycles. The first kappa shape index (κ1) is 11.4. The number of nitrogens with two attached hydrogens (primary N) is 1. The van der Waals surface area contributed by atoms with Crippen LogP contribution in [0, 0.1) is 0 Å². The molecule has 12 heavy (non-hydrogen) atoms. The predicted molar refractivity (Wildman–Crippen MR) is 50.4 cm³/mol. The van der Waals surface area contributed by atoms with Gasteiger partial charge >= 0.3 is 0 Å². The fourth-order valence-corrected chi connectivity index (χ4v) is 0.743. The average Bonchev–Trinajstić information content (AvgIpc) is 2.03. The zero-order valence-corrected chi connectivity index (χ0v) is 9.03. The number of carbonyl (C=O) groups is 1. The molecule has 0 heterocycles. The second kappa shape index (κ2) is 6.00. The molecule has 0 atom stereocenters. The molecule has 0 saturated heterocycles. The van der Waals surface area contributed by atoms with Crippen molar-refractivity contribution in [3.8, 4) is 0 Å². The van der Waals surface area contributed by atoms with Gasteiger partial charge in [0.05, 0.1) is 0 Å². The van der Waals surface area contributed by atoms with Crippen molar-refractivity contribution in [1.82, 2.24) is 0 Å². The van der Waals surface area contributed by atoms with Crippen LogP contribution in [0.25, 0.3) is 6.08 Å². The van der Waals surface area contributed by atoms with E-state index in [-0.39, 0.29) is 29.6 Å². The van der Waals surface area contributed by atoms with Gasteiger partial charge < -0.3 is 5.73 Å². The van der Waals surface area contributed by atoms with Crippen LogP contribution in [0.2, 0.25) is 0 Å². The van der Waals surface area contributed by atoms with E-state index in [1.54, 1.807) is 6.08 Å². The van der Waals surface area contributed by atoms with Crippen molar-refractivity contribution >= 4 is 41.5 Å². The van der Waals surface area contributed by atoms with Crippen LogP contribution < -0.4 is 5.73 Å². The third-order valence-electron chi connectivity index (χ3n) is 1.24. The molecule has 2 N–H and O–H groups in total. The van der Waals surface area contributed by atoms with E-state index in [9.17, 15) is 4.79 Å². The number of amides is 1. The van der Waals surface area contributed by atoms with E-state index in [2.05, 4.69) is 0 Å². The summed E-state index contributed by atoms with van der Waals surface area (Å²) in [5.74, 6) is -0.422. The first-order valence-corrected chi connectivity index (χ1v) is 3.31. The minimum Gasteiger partial charge on any atom is -0.366 e. The van der Waals surface area contributed by atoms with Crippen LogP contribution >= 0.6 is 0 Å². The molecule has 1 rings (SSSR count). The van der Waals surface area contributed by atoms with E-state index in [0.29, 0.717) is 0 Å². The molecule has 1 aromatic carbocycles. The molecule has 3 heteroatoms. The third-order valence-corrected chi connectivity index (χ3v) is 1.24. The molecule has 1 aromatic rings. The Kier molecular flexibility index (Phi) is 5.72. The van der Waals surface area contributed by atoms with E-state index in [1.165, 1.54) is 6.08 Å². The van der Waals surface area contributed by atoms with Gasteiger partial charge in [-0.1, -0.05) is 30.3 Å². The van der Waals surface area contributed by atoms with Gasteiger partial charge in [0, 0.05) is 35.6 Å². The first-order valence-electron chi connectivity index (χ1n) is 3.31. The molecule has 1 amide bonds. The van der Waals surface area contributed by atoms with Crippen molar-refractivity contribution in [3.63, 3.8) is 0 Å². The van der Waals surface area contributed by atoms with Crippen LogP contribution in [0.5, 0.6) is 0 Å². The Morgan fingerprint density at radius 1 is 1.25 bits per heavy atom.